The van der Waals surface area contributed by atoms with Crippen LogP contribution in [0.15, 0.2) is 136 Å². The molecule has 87 heavy (non-hydrogen) atoms. The van der Waals surface area contributed by atoms with Gasteiger partial charge >= 0.3 is 5.51 Å². The maximum atomic E-state index is 14.5. The van der Waals surface area contributed by atoms with E-state index >= 15 is 0 Å². The fourth-order valence-corrected chi connectivity index (χ4v) is 14.8. The summed E-state index contributed by atoms with van der Waals surface area (Å²) in [5.41, 5.74) is -0.745. The molecule has 458 valence electrons. The monoisotopic (exact) mass is 1270 g/mol. The van der Waals surface area contributed by atoms with Crippen LogP contribution in [0.2, 0.25) is 5.02 Å². The van der Waals surface area contributed by atoms with E-state index in [1.807, 2.05) is 47.2 Å². The molecule has 10 rings (SSSR count). The molecule has 5 aliphatic rings. The largest absolute Gasteiger partial charge is 0.501 e. The number of allylic oxidation sites excluding steroid dienone is 1. The molecular weight excluding hydrogens is 1200 g/mol. The fourth-order valence-electron chi connectivity index (χ4n) is 11.7. The Bertz CT molecular complexity index is 3790. The number of benzene rings is 5. The van der Waals surface area contributed by atoms with E-state index in [1.54, 1.807) is 24.3 Å². The van der Waals surface area contributed by atoms with E-state index in [9.17, 15) is 54.0 Å². The second-order valence-electron chi connectivity index (χ2n) is 23.1. The quantitative estimate of drug-likeness (QED) is 0.0427. The van der Waals surface area contributed by atoms with Crippen LogP contribution in [0.1, 0.15) is 94.6 Å². The van der Waals surface area contributed by atoms with Crippen LogP contribution in [-0.2, 0) is 29.4 Å². The predicted molar refractivity (Wildman–Crippen MR) is 327 cm³/mol. The van der Waals surface area contributed by atoms with Crippen molar-refractivity contribution in [2.45, 2.75) is 84.7 Å². The third-order valence-electron chi connectivity index (χ3n) is 16.5. The summed E-state index contributed by atoms with van der Waals surface area (Å²) in [4.78, 5) is 73.2. The molecule has 4 heterocycles. The minimum Gasteiger partial charge on any atom is -0.380 e. The van der Waals surface area contributed by atoms with Crippen LogP contribution < -0.4 is 20.3 Å². The second-order valence-corrected chi connectivity index (χ2v) is 28.3. The Morgan fingerprint density at radius 2 is 1.49 bits per heavy atom. The van der Waals surface area contributed by atoms with Crippen molar-refractivity contribution < 1.29 is 54.0 Å². The van der Waals surface area contributed by atoms with Gasteiger partial charge in [-0.15, -0.1) is 11.8 Å². The zero-order valence-electron chi connectivity index (χ0n) is 48.0. The van der Waals surface area contributed by atoms with Gasteiger partial charge in [0.2, 0.25) is 11.8 Å². The van der Waals surface area contributed by atoms with E-state index < -0.39 is 82.5 Å². The molecule has 17 nitrogen and oxygen atoms in total. The number of alkyl halides is 3. The highest BCUT2D eigenvalue weighted by atomic mass is 35.5. The maximum absolute atomic E-state index is 14.5. The Morgan fingerprint density at radius 3 is 2.18 bits per heavy atom. The smallest absolute Gasteiger partial charge is 0.380 e. The van der Waals surface area contributed by atoms with Gasteiger partial charge in [-0.2, -0.15) is 13.2 Å². The minimum absolute atomic E-state index is 0.00683. The van der Waals surface area contributed by atoms with Crippen molar-refractivity contribution in [1.82, 2.24) is 29.6 Å². The van der Waals surface area contributed by atoms with Gasteiger partial charge in [0.25, 0.3) is 37.6 Å². The number of nitrogens with zero attached hydrogens (tertiary/aromatic N) is 5. The van der Waals surface area contributed by atoms with Gasteiger partial charge in [0, 0.05) is 110 Å². The SMILES string of the molecule is CC1(C)CCC(c2ccc(Cl)cc2)=C(CN2CCN(c3ccc(C(=O)NS(=O)(=O)c4ccc(NC(CCN5CCN(CC#Cc6cccc7c6C(=O)N(C6CCC(=O)NC6=O)C7=O)CC5)CSc5ccccc5)c(S(=O)(=O)C(F)(F)F)c4)cc3)CC2)C1. The van der Waals surface area contributed by atoms with Crippen molar-refractivity contribution in [3.05, 3.63) is 154 Å². The van der Waals surface area contributed by atoms with Crippen molar-refractivity contribution in [2.24, 2.45) is 5.41 Å². The summed E-state index contributed by atoms with van der Waals surface area (Å²) in [6, 6.07) is 29.0. The third-order valence-corrected chi connectivity index (χ3v) is 20.8. The van der Waals surface area contributed by atoms with E-state index in [2.05, 4.69) is 68.1 Å². The lowest BCUT2D eigenvalue weighted by Gasteiger charge is -2.39. The first-order chi connectivity index (χ1) is 41.4. The Morgan fingerprint density at radius 1 is 0.805 bits per heavy atom. The number of fused-ring (bicyclic) bond motifs is 1. The number of anilines is 2. The molecule has 2 unspecified atom stereocenters. The minimum atomic E-state index is -6.16. The lowest BCUT2D eigenvalue weighted by atomic mass is 9.73. The number of sulfonamides is 1. The van der Waals surface area contributed by atoms with Gasteiger partial charge in [0.05, 0.1) is 28.3 Å². The summed E-state index contributed by atoms with van der Waals surface area (Å²) in [6.07, 6.45) is 3.44. The van der Waals surface area contributed by atoms with Gasteiger partial charge in [-0.05, 0) is 128 Å². The van der Waals surface area contributed by atoms with Crippen LogP contribution in [0.4, 0.5) is 24.5 Å². The molecule has 3 N–H and O–H groups in total. The average Bonchev–Trinajstić information content (AvgIpc) is 2.80. The van der Waals surface area contributed by atoms with E-state index in [1.165, 1.54) is 46.7 Å². The number of rotatable bonds is 18. The Balaban J connectivity index is 0.766. The molecule has 0 saturated carbocycles. The van der Waals surface area contributed by atoms with E-state index in [0.717, 1.165) is 66.5 Å². The molecule has 3 saturated heterocycles. The molecule has 0 bridgehead atoms. The number of sulfone groups is 1. The number of piperazine rings is 2. The number of thioether (sulfide) groups is 1. The highest BCUT2D eigenvalue weighted by molar-refractivity contribution is 7.99. The number of carbonyl (C=O) groups excluding carboxylic acids is 5. The van der Waals surface area contributed by atoms with Gasteiger partial charge in [-0.3, -0.25) is 44.0 Å². The number of amides is 5. The van der Waals surface area contributed by atoms with Gasteiger partial charge < -0.3 is 15.1 Å². The summed E-state index contributed by atoms with van der Waals surface area (Å²) in [5.74, 6) is 2.88. The average molecular weight is 1270 g/mol. The third kappa shape index (κ3) is 14.8. The maximum Gasteiger partial charge on any atom is 0.501 e. The number of halogens is 4. The zero-order chi connectivity index (χ0) is 61.8. The summed E-state index contributed by atoms with van der Waals surface area (Å²) >= 11 is 7.61. The molecule has 3 fully saturated rings. The standard InChI is InChI=1S/C63H66ClF3N8O9S3/c1-62(2)27-25-51(42-13-17-46(64)18-14-42)45(39-62)40-73-34-36-74(37-35-73)48-19-15-44(16-20-48)58(77)70-87(83,84)50-21-22-53(55(38-50)86(81,82)63(65,66)67)68-47(41-85-49-10-4-3-5-11-49)26-29-72-32-30-71(31-33-72)28-7-9-43-8-6-12-52-57(43)61(80)75(60(52)79)54-23-24-56(76)69-59(54)78/h3-6,8,10-22,38,47,54,68H,23-37,39-41H2,1-2H3,(H,70,77)(H,69,76,78). The fraction of sp³-hybridized carbons (Fsp3) is 0.381. The van der Waals surface area contributed by atoms with Crippen LogP contribution >= 0.6 is 23.4 Å². The van der Waals surface area contributed by atoms with Crippen molar-refractivity contribution >= 4 is 89.7 Å². The van der Waals surface area contributed by atoms with Crippen LogP contribution in [-0.4, -0.2) is 161 Å². The summed E-state index contributed by atoms with van der Waals surface area (Å²) in [6.45, 7) is 11.5. The van der Waals surface area contributed by atoms with Crippen LogP contribution in [0.5, 0.6) is 0 Å². The molecule has 2 atom stereocenters. The van der Waals surface area contributed by atoms with Gasteiger partial charge in [0.15, 0.2) is 0 Å². The number of piperidine rings is 1. The van der Waals surface area contributed by atoms with E-state index in [0.29, 0.717) is 75.4 Å². The molecule has 24 heteroatoms. The Kier molecular flexibility index (Phi) is 19.1. The van der Waals surface area contributed by atoms with E-state index in [-0.39, 0.29) is 40.7 Å². The van der Waals surface area contributed by atoms with Crippen molar-refractivity contribution in [1.29, 1.82) is 0 Å². The van der Waals surface area contributed by atoms with Crippen molar-refractivity contribution in [3.8, 4) is 11.8 Å². The van der Waals surface area contributed by atoms with Crippen molar-refractivity contribution in [3.63, 3.8) is 0 Å². The highest BCUT2D eigenvalue weighted by Crippen LogP contribution is 2.43. The van der Waals surface area contributed by atoms with Crippen molar-refractivity contribution in [2.75, 3.05) is 88.0 Å². The zero-order valence-corrected chi connectivity index (χ0v) is 51.2. The number of carbonyl (C=O) groups is 5. The molecule has 5 aromatic rings. The van der Waals surface area contributed by atoms with E-state index in [4.69, 9.17) is 11.6 Å². The van der Waals surface area contributed by atoms with Gasteiger partial charge in [-0.1, -0.05) is 79.3 Å². The molecule has 5 aromatic carbocycles. The molecular formula is C63H66ClF3N8O9S3. The molecule has 0 aromatic heterocycles. The van der Waals surface area contributed by atoms with Gasteiger partial charge in [-0.25, -0.2) is 21.6 Å². The number of hydrogen-bond acceptors (Lipinski definition) is 15. The van der Waals surface area contributed by atoms with Crippen LogP contribution in [0.3, 0.4) is 0 Å². The lowest BCUT2D eigenvalue weighted by molar-refractivity contribution is -0.136. The predicted octanol–water partition coefficient (Wildman–Crippen LogP) is 8.57. The summed E-state index contributed by atoms with van der Waals surface area (Å²) < 4.78 is 99.8. The van der Waals surface area contributed by atoms with Crippen LogP contribution in [0.25, 0.3) is 5.57 Å². The first-order valence-electron chi connectivity index (χ1n) is 28.7. The first kappa shape index (κ1) is 63.0. The number of imide groups is 2. The van der Waals surface area contributed by atoms with Gasteiger partial charge in [0.1, 0.15) is 10.9 Å². The highest BCUT2D eigenvalue weighted by Gasteiger charge is 2.49. The molecule has 4 aliphatic heterocycles. The molecule has 1 aliphatic carbocycles. The summed E-state index contributed by atoms with van der Waals surface area (Å²) in [5, 5.41) is 5.90. The summed E-state index contributed by atoms with van der Waals surface area (Å²) in [7, 11) is -11.1. The lowest BCUT2D eigenvalue weighted by Crippen LogP contribution is -2.54. The molecule has 0 radical (unpaired) electrons. The molecule has 0 spiro atoms. The Hall–Kier alpha value is -7.04. The Labute approximate surface area is 514 Å². The second kappa shape index (κ2) is 26.3. The van der Waals surface area contributed by atoms with Crippen LogP contribution in [0, 0.1) is 17.3 Å². The first-order valence-corrected chi connectivity index (χ1v) is 33.1. The normalized spacial score (nSPS) is 19.3. The molecule has 5 amide bonds. The number of nitrogens with one attached hydrogen (secondary N) is 3. The number of hydrogen-bond donors (Lipinski definition) is 3. The topological polar surface area (TPSA) is 206 Å².